The van der Waals surface area contributed by atoms with Crippen molar-refractivity contribution in [1.29, 1.82) is 0 Å². The quantitative estimate of drug-likeness (QED) is 0.406. The number of methoxy groups -OCH3 is 1. The predicted molar refractivity (Wildman–Crippen MR) is 68.0 cm³/mol. The van der Waals surface area contributed by atoms with Gasteiger partial charge in [-0.15, -0.1) is 6.58 Å². The smallest absolute Gasteiger partial charge is 0.236 e. The van der Waals surface area contributed by atoms with E-state index in [2.05, 4.69) is 17.2 Å². The van der Waals surface area contributed by atoms with Crippen molar-refractivity contribution in [3.63, 3.8) is 0 Å². The van der Waals surface area contributed by atoms with Crippen LogP contribution in [0.25, 0.3) is 0 Å². The lowest BCUT2D eigenvalue weighted by atomic mass is 10.3. The molecule has 100 valence electrons. The molecule has 0 aliphatic carbocycles. The standard InChI is InChI=1S/C12H24N2O3/c1-4-5-8-17-10-7-13-11(2)12(15)14-6-9-16-3/h4,11,13H,1,5-10H2,2-3H3,(H,14,15). The van der Waals surface area contributed by atoms with E-state index in [-0.39, 0.29) is 11.9 Å². The Morgan fingerprint density at radius 1 is 1.35 bits per heavy atom. The van der Waals surface area contributed by atoms with Crippen molar-refractivity contribution in [2.45, 2.75) is 19.4 Å². The molecule has 0 aromatic rings. The van der Waals surface area contributed by atoms with Crippen LogP contribution >= 0.6 is 0 Å². The SMILES string of the molecule is C=CCCOCCNC(C)C(=O)NCCOC. The molecule has 5 nitrogen and oxygen atoms in total. The van der Waals surface area contributed by atoms with Gasteiger partial charge in [0.1, 0.15) is 0 Å². The molecule has 0 saturated carbocycles. The second-order valence-corrected chi connectivity index (χ2v) is 3.65. The van der Waals surface area contributed by atoms with Gasteiger partial charge in [-0.2, -0.15) is 0 Å². The van der Waals surface area contributed by atoms with Crippen LogP contribution in [0.2, 0.25) is 0 Å². The molecule has 0 saturated heterocycles. The van der Waals surface area contributed by atoms with E-state index in [1.54, 1.807) is 7.11 Å². The Labute approximate surface area is 104 Å². The van der Waals surface area contributed by atoms with Gasteiger partial charge in [-0.05, 0) is 13.3 Å². The minimum Gasteiger partial charge on any atom is -0.383 e. The summed E-state index contributed by atoms with van der Waals surface area (Å²) in [5, 5.41) is 5.85. The Hall–Kier alpha value is -0.910. The van der Waals surface area contributed by atoms with Crippen LogP contribution < -0.4 is 10.6 Å². The monoisotopic (exact) mass is 244 g/mol. The Balaban J connectivity index is 3.40. The number of hydrogen-bond acceptors (Lipinski definition) is 4. The zero-order valence-electron chi connectivity index (χ0n) is 10.8. The van der Waals surface area contributed by atoms with Gasteiger partial charge in [-0.25, -0.2) is 0 Å². The minimum atomic E-state index is -0.213. The van der Waals surface area contributed by atoms with E-state index in [0.717, 1.165) is 6.42 Å². The van der Waals surface area contributed by atoms with Crippen LogP contribution in [-0.4, -0.2) is 52.0 Å². The van der Waals surface area contributed by atoms with Crippen molar-refractivity contribution >= 4 is 5.91 Å². The molecular weight excluding hydrogens is 220 g/mol. The number of carbonyl (C=O) groups is 1. The largest absolute Gasteiger partial charge is 0.383 e. The lowest BCUT2D eigenvalue weighted by molar-refractivity contribution is -0.123. The van der Waals surface area contributed by atoms with Gasteiger partial charge < -0.3 is 20.1 Å². The van der Waals surface area contributed by atoms with Crippen LogP contribution in [0.3, 0.4) is 0 Å². The highest BCUT2D eigenvalue weighted by Gasteiger charge is 2.10. The molecule has 0 rings (SSSR count). The number of amides is 1. The van der Waals surface area contributed by atoms with Crippen molar-refractivity contribution in [3.8, 4) is 0 Å². The summed E-state index contributed by atoms with van der Waals surface area (Å²) < 4.78 is 10.2. The summed E-state index contributed by atoms with van der Waals surface area (Å²) in [4.78, 5) is 11.5. The van der Waals surface area contributed by atoms with E-state index in [0.29, 0.717) is 32.9 Å². The van der Waals surface area contributed by atoms with E-state index >= 15 is 0 Å². The molecule has 0 spiro atoms. The molecule has 1 unspecified atom stereocenters. The first-order valence-electron chi connectivity index (χ1n) is 5.91. The maximum atomic E-state index is 11.5. The number of hydrogen-bond donors (Lipinski definition) is 2. The molecule has 0 aliphatic rings. The highest BCUT2D eigenvalue weighted by Crippen LogP contribution is 1.84. The molecule has 1 amide bonds. The van der Waals surface area contributed by atoms with E-state index < -0.39 is 0 Å². The van der Waals surface area contributed by atoms with Crippen molar-refractivity contribution in [1.82, 2.24) is 10.6 Å². The van der Waals surface area contributed by atoms with Crippen molar-refractivity contribution < 1.29 is 14.3 Å². The summed E-state index contributed by atoms with van der Waals surface area (Å²) in [6.45, 7) is 8.45. The lowest BCUT2D eigenvalue weighted by Gasteiger charge is -2.13. The second kappa shape index (κ2) is 11.6. The van der Waals surface area contributed by atoms with Gasteiger partial charge in [0.05, 0.1) is 25.9 Å². The maximum Gasteiger partial charge on any atom is 0.236 e. The Morgan fingerprint density at radius 2 is 2.12 bits per heavy atom. The average Bonchev–Trinajstić information content (AvgIpc) is 2.33. The number of carbonyl (C=O) groups excluding carboxylic acids is 1. The van der Waals surface area contributed by atoms with Crippen LogP contribution in [0.4, 0.5) is 0 Å². The summed E-state index contributed by atoms with van der Waals surface area (Å²) in [6.07, 6.45) is 2.67. The first-order chi connectivity index (χ1) is 8.22. The number of rotatable bonds is 11. The lowest BCUT2D eigenvalue weighted by Crippen LogP contribution is -2.44. The molecule has 1 atom stereocenters. The first-order valence-corrected chi connectivity index (χ1v) is 5.91. The van der Waals surface area contributed by atoms with Gasteiger partial charge in [0.15, 0.2) is 0 Å². The summed E-state index contributed by atoms with van der Waals surface area (Å²) in [7, 11) is 1.61. The van der Waals surface area contributed by atoms with Crippen molar-refractivity contribution in [2.75, 3.05) is 40.0 Å². The maximum absolute atomic E-state index is 11.5. The molecular formula is C12H24N2O3. The number of nitrogens with one attached hydrogen (secondary N) is 2. The molecule has 0 aromatic carbocycles. The van der Waals surface area contributed by atoms with Gasteiger partial charge in [0, 0.05) is 20.2 Å². The van der Waals surface area contributed by atoms with Crippen molar-refractivity contribution in [3.05, 3.63) is 12.7 Å². The number of ether oxygens (including phenoxy) is 2. The highest BCUT2D eigenvalue weighted by molar-refractivity contribution is 5.81. The third-order valence-corrected chi connectivity index (χ3v) is 2.16. The molecule has 0 radical (unpaired) electrons. The summed E-state index contributed by atoms with van der Waals surface area (Å²) >= 11 is 0. The average molecular weight is 244 g/mol. The molecule has 0 bridgehead atoms. The van der Waals surface area contributed by atoms with E-state index in [4.69, 9.17) is 9.47 Å². The first kappa shape index (κ1) is 16.1. The van der Waals surface area contributed by atoms with E-state index in [1.165, 1.54) is 0 Å². The molecule has 0 heterocycles. The fourth-order valence-electron chi connectivity index (χ4n) is 1.14. The normalized spacial score (nSPS) is 12.1. The van der Waals surface area contributed by atoms with Crippen LogP contribution in [0.15, 0.2) is 12.7 Å². The predicted octanol–water partition coefficient (Wildman–Crippen LogP) is 0.320. The third-order valence-electron chi connectivity index (χ3n) is 2.16. The Bertz CT molecular complexity index is 210. The minimum absolute atomic E-state index is 0.0202. The third kappa shape index (κ3) is 9.99. The zero-order valence-corrected chi connectivity index (χ0v) is 10.8. The van der Waals surface area contributed by atoms with E-state index in [9.17, 15) is 4.79 Å². The molecule has 5 heteroatoms. The van der Waals surface area contributed by atoms with Gasteiger partial charge in [0.25, 0.3) is 0 Å². The fourth-order valence-corrected chi connectivity index (χ4v) is 1.14. The molecule has 0 aliphatic heterocycles. The van der Waals surface area contributed by atoms with Gasteiger partial charge >= 0.3 is 0 Å². The zero-order chi connectivity index (χ0) is 12.9. The summed E-state index contributed by atoms with van der Waals surface area (Å²) in [5.41, 5.74) is 0. The van der Waals surface area contributed by atoms with Crippen LogP contribution in [0.5, 0.6) is 0 Å². The summed E-state index contributed by atoms with van der Waals surface area (Å²) in [5.74, 6) is -0.0202. The van der Waals surface area contributed by atoms with Gasteiger partial charge in [-0.1, -0.05) is 6.08 Å². The second-order valence-electron chi connectivity index (χ2n) is 3.65. The Morgan fingerprint density at radius 3 is 2.76 bits per heavy atom. The van der Waals surface area contributed by atoms with E-state index in [1.807, 2.05) is 13.0 Å². The Kier molecular flexibility index (Phi) is 11.0. The van der Waals surface area contributed by atoms with Crippen LogP contribution in [0.1, 0.15) is 13.3 Å². The topological polar surface area (TPSA) is 59.6 Å². The fraction of sp³-hybridized carbons (Fsp3) is 0.750. The van der Waals surface area contributed by atoms with Crippen LogP contribution in [0, 0.1) is 0 Å². The summed E-state index contributed by atoms with van der Waals surface area (Å²) in [6, 6.07) is -0.213. The van der Waals surface area contributed by atoms with Gasteiger partial charge in [0.2, 0.25) is 5.91 Å². The molecule has 2 N–H and O–H groups in total. The van der Waals surface area contributed by atoms with Crippen LogP contribution in [-0.2, 0) is 14.3 Å². The molecule has 17 heavy (non-hydrogen) atoms. The highest BCUT2D eigenvalue weighted by atomic mass is 16.5. The molecule has 0 aromatic heterocycles. The molecule has 0 fully saturated rings. The van der Waals surface area contributed by atoms with Crippen molar-refractivity contribution in [2.24, 2.45) is 0 Å². The van der Waals surface area contributed by atoms with Gasteiger partial charge in [-0.3, -0.25) is 4.79 Å².